The molecule has 2 heterocycles. The van der Waals surface area contributed by atoms with Crippen molar-refractivity contribution in [1.29, 1.82) is 0 Å². The number of piperazine rings is 1. The lowest BCUT2D eigenvalue weighted by molar-refractivity contribution is -0.146. The molecular weight excluding hydrogens is 370 g/mol. The zero-order chi connectivity index (χ0) is 21.0. The largest absolute Gasteiger partial charge is 0.338 e. The quantitative estimate of drug-likeness (QED) is 0.559. The van der Waals surface area contributed by atoms with Crippen molar-refractivity contribution in [2.24, 2.45) is 0 Å². The van der Waals surface area contributed by atoms with Crippen molar-refractivity contribution in [3.05, 3.63) is 41.5 Å². The first-order valence-corrected chi connectivity index (χ1v) is 10.0. The number of hydrogen-bond acceptors (Lipinski definition) is 4. The van der Waals surface area contributed by atoms with Gasteiger partial charge in [-0.15, -0.1) is 0 Å². The van der Waals surface area contributed by atoms with Gasteiger partial charge in [-0.05, 0) is 23.1 Å². The van der Waals surface area contributed by atoms with Crippen molar-refractivity contribution < 1.29 is 19.2 Å². The molecule has 0 unspecified atom stereocenters. The molecule has 3 rings (SSSR count). The Balaban J connectivity index is 1.48. The molecule has 1 aromatic carbocycles. The first-order chi connectivity index (χ1) is 13.8. The van der Waals surface area contributed by atoms with Crippen molar-refractivity contribution in [1.82, 2.24) is 14.7 Å². The molecule has 0 N–H and O–H groups in total. The summed E-state index contributed by atoms with van der Waals surface area (Å²) in [5.74, 6) is -0.445. The van der Waals surface area contributed by atoms with Crippen molar-refractivity contribution in [2.45, 2.75) is 32.6 Å². The number of benzene rings is 1. The van der Waals surface area contributed by atoms with E-state index in [0.29, 0.717) is 32.1 Å². The molecule has 0 atom stereocenters. The third-order valence-corrected chi connectivity index (χ3v) is 5.41. The van der Waals surface area contributed by atoms with E-state index >= 15 is 0 Å². The zero-order valence-corrected chi connectivity index (χ0v) is 17.0. The minimum Gasteiger partial charge on any atom is -0.338 e. The van der Waals surface area contributed by atoms with Crippen molar-refractivity contribution in [3.63, 3.8) is 0 Å². The lowest BCUT2D eigenvalue weighted by atomic mass is 10.0. The molecular formula is C22H27N3O4. The summed E-state index contributed by atoms with van der Waals surface area (Å²) in [6.45, 7) is 5.75. The van der Waals surface area contributed by atoms with Crippen molar-refractivity contribution >= 4 is 29.7 Å². The molecule has 2 aliphatic rings. The fourth-order valence-electron chi connectivity index (χ4n) is 3.48. The zero-order valence-electron chi connectivity index (χ0n) is 17.0. The molecule has 1 aromatic rings. The van der Waals surface area contributed by atoms with Crippen LogP contribution < -0.4 is 0 Å². The molecule has 2 aliphatic heterocycles. The maximum atomic E-state index is 12.4. The van der Waals surface area contributed by atoms with Crippen LogP contribution in [0.4, 0.5) is 0 Å². The van der Waals surface area contributed by atoms with Crippen LogP contribution in [0.25, 0.3) is 6.08 Å². The van der Waals surface area contributed by atoms with Gasteiger partial charge in [-0.1, -0.05) is 38.1 Å². The van der Waals surface area contributed by atoms with Crippen LogP contribution in [-0.2, 0) is 19.2 Å². The van der Waals surface area contributed by atoms with E-state index in [0.717, 1.165) is 10.5 Å². The Hall–Kier alpha value is -2.96. The number of hydrogen-bond donors (Lipinski definition) is 0. The SMILES string of the molecule is CC(C)c1ccc(/C=C/C(=O)N2CCN(C(=O)CN3C(=O)CCC3=O)CC2)cc1. The summed E-state index contributed by atoms with van der Waals surface area (Å²) in [5, 5.41) is 0. The molecule has 7 nitrogen and oxygen atoms in total. The van der Waals surface area contributed by atoms with Crippen LogP contribution in [0.3, 0.4) is 0 Å². The Kier molecular flexibility index (Phi) is 6.46. The molecule has 2 saturated heterocycles. The summed E-state index contributed by atoms with van der Waals surface area (Å²) >= 11 is 0. The summed E-state index contributed by atoms with van der Waals surface area (Å²) in [6.07, 6.45) is 3.72. The Morgan fingerprint density at radius 1 is 0.931 bits per heavy atom. The number of likely N-dealkylation sites (tertiary alicyclic amines) is 1. The molecule has 29 heavy (non-hydrogen) atoms. The molecule has 0 saturated carbocycles. The maximum absolute atomic E-state index is 12.4. The Morgan fingerprint density at radius 3 is 2.03 bits per heavy atom. The summed E-state index contributed by atoms with van der Waals surface area (Å²) in [6, 6.07) is 8.12. The molecule has 0 radical (unpaired) electrons. The van der Waals surface area contributed by atoms with Gasteiger partial charge < -0.3 is 9.80 Å². The standard InChI is InChI=1S/C22H27N3O4/c1-16(2)18-6-3-17(4-7-18)5-8-19(26)23-11-13-24(14-12-23)22(29)15-25-20(27)9-10-21(25)28/h3-8,16H,9-15H2,1-2H3/b8-5+. The summed E-state index contributed by atoms with van der Waals surface area (Å²) < 4.78 is 0. The van der Waals surface area contributed by atoms with Crippen LogP contribution in [0.2, 0.25) is 0 Å². The van der Waals surface area contributed by atoms with E-state index in [-0.39, 0.29) is 43.0 Å². The molecule has 2 fully saturated rings. The lowest BCUT2D eigenvalue weighted by Gasteiger charge is -2.34. The first-order valence-electron chi connectivity index (χ1n) is 10.0. The van der Waals surface area contributed by atoms with Crippen LogP contribution >= 0.6 is 0 Å². The number of nitrogens with zero attached hydrogens (tertiary/aromatic N) is 3. The van der Waals surface area contributed by atoms with Gasteiger partial charge in [0, 0.05) is 45.1 Å². The van der Waals surface area contributed by atoms with E-state index in [4.69, 9.17) is 0 Å². The van der Waals surface area contributed by atoms with Gasteiger partial charge in [0.15, 0.2) is 0 Å². The third kappa shape index (κ3) is 5.10. The average Bonchev–Trinajstić information content (AvgIpc) is 3.04. The fourth-order valence-corrected chi connectivity index (χ4v) is 3.48. The predicted molar refractivity (Wildman–Crippen MR) is 109 cm³/mol. The molecule has 4 amide bonds. The van der Waals surface area contributed by atoms with Gasteiger partial charge in [-0.3, -0.25) is 24.1 Å². The fraction of sp³-hybridized carbons (Fsp3) is 0.455. The summed E-state index contributed by atoms with van der Waals surface area (Å²) in [7, 11) is 0. The van der Waals surface area contributed by atoms with E-state index in [1.165, 1.54) is 5.56 Å². The Bertz CT molecular complexity index is 805. The highest BCUT2D eigenvalue weighted by molar-refractivity contribution is 6.04. The summed E-state index contributed by atoms with van der Waals surface area (Å²) in [4.78, 5) is 52.5. The smallest absolute Gasteiger partial charge is 0.246 e. The molecule has 0 bridgehead atoms. The Labute approximate surface area is 170 Å². The molecule has 0 aromatic heterocycles. The van der Waals surface area contributed by atoms with E-state index in [9.17, 15) is 19.2 Å². The highest BCUT2D eigenvalue weighted by atomic mass is 16.2. The highest BCUT2D eigenvalue weighted by Gasteiger charge is 2.32. The van der Waals surface area contributed by atoms with Gasteiger partial charge in [0.1, 0.15) is 6.54 Å². The van der Waals surface area contributed by atoms with Gasteiger partial charge in [-0.2, -0.15) is 0 Å². The average molecular weight is 397 g/mol. The van der Waals surface area contributed by atoms with Gasteiger partial charge in [0.05, 0.1) is 0 Å². The van der Waals surface area contributed by atoms with Crippen molar-refractivity contribution in [3.8, 4) is 0 Å². The third-order valence-electron chi connectivity index (χ3n) is 5.41. The van der Waals surface area contributed by atoms with Crippen molar-refractivity contribution in [2.75, 3.05) is 32.7 Å². The monoisotopic (exact) mass is 397 g/mol. The van der Waals surface area contributed by atoms with E-state index in [1.807, 2.05) is 12.1 Å². The number of carbonyl (C=O) groups is 4. The second kappa shape index (κ2) is 9.03. The van der Waals surface area contributed by atoms with Gasteiger partial charge in [0.25, 0.3) is 0 Å². The van der Waals surface area contributed by atoms with E-state index in [1.54, 1.807) is 22.0 Å². The van der Waals surface area contributed by atoms with E-state index < -0.39 is 0 Å². The minimum atomic E-state index is -0.288. The molecule has 154 valence electrons. The number of carbonyl (C=O) groups excluding carboxylic acids is 4. The number of rotatable bonds is 5. The maximum Gasteiger partial charge on any atom is 0.246 e. The van der Waals surface area contributed by atoms with Crippen LogP contribution in [0.1, 0.15) is 43.7 Å². The topological polar surface area (TPSA) is 78.0 Å². The first kappa shape index (κ1) is 20.8. The Morgan fingerprint density at radius 2 is 1.48 bits per heavy atom. The second-order valence-electron chi connectivity index (χ2n) is 7.73. The predicted octanol–water partition coefficient (Wildman–Crippen LogP) is 1.64. The minimum absolute atomic E-state index is 0.0880. The second-order valence-corrected chi connectivity index (χ2v) is 7.73. The van der Waals surface area contributed by atoms with Crippen LogP contribution in [0.15, 0.2) is 30.3 Å². The van der Waals surface area contributed by atoms with Crippen LogP contribution in [0, 0.1) is 0 Å². The molecule has 0 aliphatic carbocycles. The van der Waals surface area contributed by atoms with Crippen LogP contribution in [0.5, 0.6) is 0 Å². The highest BCUT2D eigenvalue weighted by Crippen LogP contribution is 2.16. The molecule has 0 spiro atoms. The number of imide groups is 1. The van der Waals surface area contributed by atoms with Gasteiger partial charge in [0.2, 0.25) is 23.6 Å². The van der Waals surface area contributed by atoms with Crippen LogP contribution in [-0.4, -0.2) is 71.1 Å². The lowest BCUT2D eigenvalue weighted by Crippen LogP contribution is -2.52. The normalized spacial score (nSPS) is 17.7. The number of amides is 4. The van der Waals surface area contributed by atoms with E-state index in [2.05, 4.69) is 26.0 Å². The van der Waals surface area contributed by atoms with Gasteiger partial charge >= 0.3 is 0 Å². The molecule has 7 heteroatoms. The summed E-state index contributed by atoms with van der Waals surface area (Å²) in [5.41, 5.74) is 2.23. The van der Waals surface area contributed by atoms with Gasteiger partial charge in [-0.25, -0.2) is 0 Å².